The van der Waals surface area contributed by atoms with Crippen LogP contribution in [-0.2, 0) is 16.1 Å². The molecule has 4 N–H and O–H groups in total. The molecule has 1 aromatic rings. The zero-order valence-corrected chi connectivity index (χ0v) is 11.9. The van der Waals surface area contributed by atoms with E-state index < -0.39 is 12.8 Å². The second-order valence-corrected chi connectivity index (χ2v) is 6.47. The lowest BCUT2D eigenvalue weighted by Gasteiger charge is -2.33. The molecule has 102 valence electrons. The smallest absolute Gasteiger partial charge is 0.330 e. The van der Waals surface area contributed by atoms with Crippen molar-refractivity contribution < 1.29 is 14.4 Å². The molecule has 0 saturated heterocycles. The molecular weight excluding hydrogens is 249 g/mol. The van der Waals surface area contributed by atoms with Gasteiger partial charge in [-0.25, -0.2) is 0 Å². The zero-order valence-electron chi connectivity index (χ0n) is 11.0. The Balaban J connectivity index is 3.30. The molecule has 0 aliphatic rings. The largest absolute Gasteiger partial charge is 0.335 e. The van der Waals surface area contributed by atoms with E-state index in [0.29, 0.717) is 24.9 Å². The molecule has 1 rings (SSSR count). The third-order valence-corrected chi connectivity index (χ3v) is 5.63. The number of hydrogen-bond acceptors (Lipinski definition) is 2. The van der Waals surface area contributed by atoms with E-state index in [0.717, 1.165) is 12.0 Å². The van der Waals surface area contributed by atoms with Crippen molar-refractivity contribution in [3.8, 4) is 0 Å². The highest BCUT2D eigenvalue weighted by atomic mass is 31.2. The van der Waals surface area contributed by atoms with Crippen LogP contribution in [0, 0.1) is 0 Å². The highest BCUT2D eigenvalue weighted by Gasteiger charge is 2.45. The summed E-state index contributed by atoms with van der Waals surface area (Å²) >= 11 is 0. The highest BCUT2D eigenvalue weighted by molar-refractivity contribution is 7.53. The molecule has 0 heterocycles. The molecule has 0 unspecified atom stereocenters. The van der Waals surface area contributed by atoms with Crippen LogP contribution in [-0.4, -0.2) is 16.3 Å². The van der Waals surface area contributed by atoms with Gasteiger partial charge in [-0.2, -0.15) is 0 Å². The van der Waals surface area contributed by atoms with Crippen molar-refractivity contribution in [3.05, 3.63) is 35.4 Å². The SMILES string of the molecule is CCC(CC)(c1cccc(CCN)c1)P(=O)(O)O. The van der Waals surface area contributed by atoms with Gasteiger partial charge < -0.3 is 15.5 Å². The van der Waals surface area contributed by atoms with Gasteiger partial charge in [-0.15, -0.1) is 0 Å². The lowest BCUT2D eigenvalue weighted by molar-refractivity contribution is 0.315. The third-order valence-electron chi connectivity index (χ3n) is 3.62. The van der Waals surface area contributed by atoms with Crippen LogP contribution in [0.15, 0.2) is 24.3 Å². The molecule has 0 fully saturated rings. The Hall–Kier alpha value is -0.670. The summed E-state index contributed by atoms with van der Waals surface area (Å²) in [5, 5.41) is -1.07. The molecule has 4 nitrogen and oxygen atoms in total. The van der Waals surface area contributed by atoms with Gasteiger partial charge in [0.25, 0.3) is 0 Å². The van der Waals surface area contributed by atoms with Crippen molar-refractivity contribution in [1.29, 1.82) is 0 Å². The summed E-state index contributed by atoms with van der Waals surface area (Å²) in [7, 11) is -4.20. The maximum atomic E-state index is 11.9. The molecule has 0 aliphatic heterocycles. The zero-order chi connectivity index (χ0) is 13.8. The van der Waals surface area contributed by atoms with Crippen LogP contribution in [0.1, 0.15) is 37.8 Å². The van der Waals surface area contributed by atoms with Gasteiger partial charge in [0.05, 0.1) is 5.16 Å². The minimum absolute atomic E-state index is 0.417. The summed E-state index contributed by atoms with van der Waals surface area (Å²) in [6.07, 6.45) is 1.55. The molecule has 0 saturated carbocycles. The maximum absolute atomic E-state index is 11.9. The summed E-state index contributed by atoms with van der Waals surface area (Å²) < 4.78 is 11.9. The minimum Gasteiger partial charge on any atom is -0.330 e. The van der Waals surface area contributed by atoms with Gasteiger partial charge in [0, 0.05) is 0 Å². The molecule has 0 aromatic heterocycles. The Labute approximate surface area is 108 Å². The van der Waals surface area contributed by atoms with E-state index >= 15 is 0 Å². The first-order valence-corrected chi connectivity index (χ1v) is 7.87. The van der Waals surface area contributed by atoms with Crippen molar-refractivity contribution >= 4 is 7.60 Å². The second kappa shape index (κ2) is 5.98. The van der Waals surface area contributed by atoms with Crippen molar-refractivity contribution in [2.75, 3.05) is 6.54 Å². The predicted octanol–water partition coefficient (Wildman–Crippen LogP) is 2.38. The van der Waals surface area contributed by atoms with Crippen LogP contribution >= 0.6 is 7.60 Å². The molecule has 1 aromatic carbocycles. The van der Waals surface area contributed by atoms with Gasteiger partial charge >= 0.3 is 7.60 Å². The summed E-state index contributed by atoms with van der Waals surface area (Å²) in [6.45, 7) is 4.17. The first-order chi connectivity index (χ1) is 8.41. The van der Waals surface area contributed by atoms with Crippen LogP contribution in [0.3, 0.4) is 0 Å². The number of nitrogens with two attached hydrogens (primary N) is 1. The monoisotopic (exact) mass is 271 g/mol. The van der Waals surface area contributed by atoms with Crippen molar-refractivity contribution in [3.63, 3.8) is 0 Å². The van der Waals surface area contributed by atoms with E-state index in [2.05, 4.69) is 0 Å². The quantitative estimate of drug-likeness (QED) is 0.694. The van der Waals surface area contributed by atoms with Gasteiger partial charge in [-0.1, -0.05) is 38.1 Å². The van der Waals surface area contributed by atoms with E-state index in [-0.39, 0.29) is 0 Å². The summed E-state index contributed by atoms with van der Waals surface area (Å²) in [5.41, 5.74) is 7.25. The summed E-state index contributed by atoms with van der Waals surface area (Å²) in [6, 6.07) is 7.45. The first kappa shape index (κ1) is 15.4. The Morgan fingerprint density at radius 1 is 1.28 bits per heavy atom. The van der Waals surface area contributed by atoms with Crippen molar-refractivity contribution in [2.45, 2.75) is 38.3 Å². The Bertz CT molecular complexity index is 438. The Morgan fingerprint density at radius 2 is 1.89 bits per heavy atom. The normalized spacial score (nSPS) is 12.7. The molecular formula is C13H22NO3P. The van der Waals surface area contributed by atoms with Crippen LogP contribution in [0.2, 0.25) is 0 Å². The molecule has 0 bridgehead atoms. The lowest BCUT2D eigenvalue weighted by Crippen LogP contribution is -2.24. The minimum atomic E-state index is -4.20. The molecule has 0 atom stereocenters. The number of rotatable bonds is 6. The first-order valence-electron chi connectivity index (χ1n) is 6.26. The van der Waals surface area contributed by atoms with E-state index in [1.807, 2.05) is 32.0 Å². The topological polar surface area (TPSA) is 83.6 Å². The van der Waals surface area contributed by atoms with Crippen LogP contribution < -0.4 is 5.73 Å². The third kappa shape index (κ3) is 2.83. The van der Waals surface area contributed by atoms with Crippen LogP contribution in [0.5, 0.6) is 0 Å². The molecule has 18 heavy (non-hydrogen) atoms. The van der Waals surface area contributed by atoms with E-state index in [4.69, 9.17) is 5.73 Å². The summed E-state index contributed by atoms with van der Waals surface area (Å²) in [5.74, 6) is 0. The molecule has 0 radical (unpaired) electrons. The van der Waals surface area contributed by atoms with Gasteiger partial charge in [0.15, 0.2) is 0 Å². The van der Waals surface area contributed by atoms with E-state index in [1.54, 1.807) is 6.07 Å². The average Bonchev–Trinajstić information content (AvgIpc) is 2.30. The molecule has 0 amide bonds. The fraction of sp³-hybridized carbons (Fsp3) is 0.538. The predicted molar refractivity (Wildman–Crippen MR) is 73.5 cm³/mol. The lowest BCUT2D eigenvalue weighted by atomic mass is 9.91. The maximum Gasteiger partial charge on any atom is 0.335 e. The Kier molecular flexibility index (Phi) is 5.11. The number of hydrogen-bond donors (Lipinski definition) is 3. The van der Waals surface area contributed by atoms with Crippen LogP contribution in [0.4, 0.5) is 0 Å². The highest BCUT2D eigenvalue weighted by Crippen LogP contribution is 2.60. The standard InChI is InChI=1S/C13H22NO3P/c1-3-13(4-2,18(15,16)17)12-7-5-6-11(10-12)8-9-14/h5-7,10H,3-4,8-9,14H2,1-2H3,(H2,15,16,17). The van der Waals surface area contributed by atoms with Crippen molar-refractivity contribution in [1.82, 2.24) is 0 Å². The number of benzene rings is 1. The van der Waals surface area contributed by atoms with Gasteiger partial charge in [0.2, 0.25) is 0 Å². The molecule has 0 spiro atoms. The fourth-order valence-corrected chi connectivity index (χ4v) is 3.72. The van der Waals surface area contributed by atoms with Gasteiger partial charge in [-0.05, 0) is 36.9 Å². The van der Waals surface area contributed by atoms with E-state index in [9.17, 15) is 14.4 Å². The van der Waals surface area contributed by atoms with E-state index in [1.165, 1.54) is 0 Å². The molecule has 5 heteroatoms. The van der Waals surface area contributed by atoms with Crippen molar-refractivity contribution in [2.24, 2.45) is 5.73 Å². The van der Waals surface area contributed by atoms with Gasteiger partial charge in [-0.3, -0.25) is 4.57 Å². The van der Waals surface area contributed by atoms with Gasteiger partial charge in [0.1, 0.15) is 0 Å². The average molecular weight is 271 g/mol. The molecule has 0 aliphatic carbocycles. The second-order valence-electron chi connectivity index (χ2n) is 4.52. The Morgan fingerprint density at radius 3 is 2.33 bits per heavy atom. The fourth-order valence-electron chi connectivity index (χ4n) is 2.42. The summed E-state index contributed by atoms with van der Waals surface area (Å²) in [4.78, 5) is 19.4. The van der Waals surface area contributed by atoms with Crippen LogP contribution in [0.25, 0.3) is 0 Å².